The molecule has 2 heterocycles. The zero-order valence-corrected chi connectivity index (χ0v) is 19.9. The van der Waals surface area contributed by atoms with E-state index in [1.54, 1.807) is 18.2 Å². The summed E-state index contributed by atoms with van der Waals surface area (Å²) in [6.45, 7) is 5.41. The maximum Gasteiger partial charge on any atom is 0.255 e. The number of aryl methyl sites for hydroxylation is 2. The van der Waals surface area contributed by atoms with Gasteiger partial charge in [-0.3, -0.25) is 4.79 Å². The van der Waals surface area contributed by atoms with Crippen LogP contribution in [-0.4, -0.2) is 54.9 Å². The minimum atomic E-state index is -3.71. The summed E-state index contributed by atoms with van der Waals surface area (Å²) in [6, 6.07) is 10.4. The van der Waals surface area contributed by atoms with Crippen molar-refractivity contribution in [3.05, 3.63) is 53.3 Å². The summed E-state index contributed by atoms with van der Waals surface area (Å²) in [5, 5.41) is 2.88. The van der Waals surface area contributed by atoms with Gasteiger partial charge < -0.3 is 15.0 Å². The molecule has 33 heavy (non-hydrogen) atoms. The molecule has 0 aliphatic carbocycles. The molecule has 2 aromatic carbocycles. The van der Waals surface area contributed by atoms with Gasteiger partial charge in [-0.2, -0.15) is 4.31 Å². The lowest BCUT2D eigenvalue weighted by molar-refractivity contribution is 0.0730. The predicted molar refractivity (Wildman–Crippen MR) is 128 cm³/mol. The average Bonchev–Trinajstić information content (AvgIpc) is 3.25. The molecular formula is C24H30N4O4S. The van der Waals surface area contributed by atoms with Gasteiger partial charge in [-0.05, 0) is 48.7 Å². The Kier molecular flexibility index (Phi) is 7.11. The lowest BCUT2D eigenvalue weighted by atomic mass is 10.1. The van der Waals surface area contributed by atoms with Crippen molar-refractivity contribution in [2.45, 2.75) is 44.4 Å². The van der Waals surface area contributed by atoms with Crippen molar-refractivity contribution in [2.24, 2.45) is 0 Å². The molecule has 1 aromatic heterocycles. The lowest BCUT2D eigenvalue weighted by Gasteiger charge is -2.27. The number of hydrogen-bond donors (Lipinski definition) is 2. The van der Waals surface area contributed by atoms with Crippen molar-refractivity contribution in [3.8, 4) is 0 Å². The Labute approximate surface area is 194 Å². The smallest absolute Gasteiger partial charge is 0.255 e. The van der Waals surface area contributed by atoms with Gasteiger partial charge in [-0.25, -0.2) is 13.4 Å². The summed E-state index contributed by atoms with van der Waals surface area (Å²) in [6.07, 6.45) is 3.60. The van der Waals surface area contributed by atoms with Gasteiger partial charge >= 0.3 is 0 Å². The first-order valence-electron chi connectivity index (χ1n) is 11.4. The molecule has 1 aliphatic rings. The summed E-state index contributed by atoms with van der Waals surface area (Å²) in [7, 11) is -3.71. The Morgan fingerprint density at radius 3 is 2.67 bits per heavy atom. The molecule has 1 saturated heterocycles. The third-order valence-electron chi connectivity index (χ3n) is 5.85. The summed E-state index contributed by atoms with van der Waals surface area (Å²) in [4.78, 5) is 21.1. The molecule has 0 saturated carbocycles. The monoisotopic (exact) mass is 470 g/mol. The Hall–Kier alpha value is -2.75. The predicted octanol–water partition coefficient (Wildman–Crippen LogP) is 3.74. The molecule has 1 aliphatic heterocycles. The number of aromatic nitrogens is 2. The van der Waals surface area contributed by atoms with E-state index in [2.05, 4.69) is 22.2 Å². The van der Waals surface area contributed by atoms with Crippen molar-refractivity contribution >= 4 is 32.7 Å². The number of ether oxygens (including phenoxy) is 1. The number of nitrogens with zero attached hydrogens (tertiary/aromatic N) is 2. The number of H-pyrrole nitrogens is 1. The van der Waals surface area contributed by atoms with Crippen molar-refractivity contribution in [1.82, 2.24) is 14.3 Å². The fraction of sp³-hybridized carbons (Fsp3) is 0.417. The Morgan fingerprint density at radius 2 is 1.94 bits per heavy atom. The van der Waals surface area contributed by atoms with E-state index in [0.29, 0.717) is 49.5 Å². The van der Waals surface area contributed by atoms with Crippen LogP contribution in [-0.2, 0) is 27.6 Å². The summed E-state index contributed by atoms with van der Waals surface area (Å²) in [5.74, 6) is 0.574. The number of unbranched alkanes of at least 4 members (excludes halogenated alkanes) is 1. The van der Waals surface area contributed by atoms with E-state index in [-0.39, 0.29) is 10.8 Å². The number of benzene rings is 2. The standard InChI is InChI=1S/C24H30N4O4S/c1-3-5-6-23-26-20-10-9-19(16-21(20)27-23)25-24(29)18-8-7-17(4-2)22(15-18)33(30,31)28-11-13-32-14-12-28/h7-10,15-16H,3-6,11-14H2,1-2H3,(H,25,29)(H,26,27). The summed E-state index contributed by atoms with van der Waals surface area (Å²) in [5.41, 5.74) is 3.32. The van der Waals surface area contributed by atoms with Crippen LogP contribution in [0.25, 0.3) is 11.0 Å². The summed E-state index contributed by atoms with van der Waals surface area (Å²) >= 11 is 0. The number of aromatic amines is 1. The number of anilines is 1. The van der Waals surface area contributed by atoms with E-state index in [1.807, 2.05) is 19.1 Å². The number of nitrogens with one attached hydrogen (secondary N) is 2. The van der Waals surface area contributed by atoms with Crippen LogP contribution in [0.4, 0.5) is 5.69 Å². The number of imidazole rings is 1. The van der Waals surface area contributed by atoms with Crippen molar-refractivity contribution < 1.29 is 17.9 Å². The normalized spacial score (nSPS) is 15.1. The van der Waals surface area contributed by atoms with Gasteiger partial charge in [0.05, 0.1) is 29.1 Å². The van der Waals surface area contributed by atoms with Gasteiger partial charge in [0.2, 0.25) is 10.0 Å². The van der Waals surface area contributed by atoms with Crippen LogP contribution in [0.1, 0.15) is 48.4 Å². The minimum Gasteiger partial charge on any atom is -0.379 e. The molecule has 3 aromatic rings. The number of carbonyl (C=O) groups is 1. The van der Waals surface area contributed by atoms with Crippen LogP contribution in [0.2, 0.25) is 0 Å². The van der Waals surface area contributed by atoms with Gasteiger partial charge in [-0.15, -0.1) is 0 Å². The van der Waals surface area contributed by atoms with E-state index in [9.17, 15) is 13.2 Å². The highest BCUT2D eigenvalue weighted by atomic mass is 32.2. The summed E-state index contributed by atoms with van der Waals surface area (Å²) < 4.78 is 33.2. The second-order valence-electron chi connectivity index (χ2n) is 8.17. The van der Waals surface area contributed by atoms with Crippen molar-refractivity contribution in [1.29, 1.82) is 0 Å². The van der Waals surface area contributed by atoms with Crippen LogP contribution >= 0.6 is 0 Å². The number of rotatable bonds is 8. The number of sulfonamides is 1. The molecule has 2 N–H and O–H groups in total. The van der Waals surface area contributed by atoms with E-state index >= 15 is 0 Å². The fourth-order valence-electron chi connectivity index (χ4n) is 3.96. The van der Waals surface area contributed by atoms with Gasteiger partial charge in [0.1, 0.15) is 5.82 Å². The zero-order chi connectivity index (χ0) is 23.4. The first-order valence-corrected chi connectivity index (χ1v) is 12.9. The van der Waals surface area contributed by atoms with Crippen LogP contribution < -0.4 is 5.32 Å². The van der Waals surface area contributed by atoms with Gasteiger partial charge in [-0.1, -0.05) is 26.3 Å². The topological polar surface area (TPSA) is 104 Å². The quantitative estimate of drug-likeness (QED) is 0.522. The van der Waals surface area contributed by atoms with Crippen LogP contribution in [0.5, 0.6) is 0 Å². The van der Waals surface area contributed by atoms with E-state index < -0.39 is 10.0 Å². The second kappa shape index (κ2) is 10.0. The number of carbonyl (C=O) groups excluding carboxylic acids is 1. The van der Waals surface area contributed by atoms with Crippen LogP contribution in [0.15, 0.2) is 41.3 Å². The average molecular weight is 471 g/mol. The number of fused-ring (bicyclic) bond motifs is 1. The minimum absolute atomic E-state index is 0.184. The third kappa shape index (κ3) is 5.10. The zero-order valence-electron chi connectivity index (χ0n) is 19.1. The molecule has 0 radical (unpaired) electrons. The Morgan fingerprint density at radius 1 is 1.15 bits per heavy atom. The van der Waals surface area contributed by atoms with Gasteiger partial charge in [0.25, 0.3) is 5.91 Å². The molecule has 176 valence electrons. The highest BCUT2D eigenvalue weighted by molar-refractivity contribution is 7.89. The molecule has 1 fully saturated rings. The molecule has 0 spiro atoms. The van der Waals surface area contributed by atoms with Crippen LogP contribution in [0, 0.1) is 0 Å². The largest absolute Gasteiger partial charge is 0.379 e. The molecular weight excluding hydrogens is 440 g/mol. The molecule has 9 heteroatoms. The van der Waals surface area contributed by atoms with Crippen molar-refractivity contribution in [2.75, 3.05) is 31.6 Å². The van der Waals surface area contributed by atoms with E-state index in [0.717, 1.165) is 36.1 Å². The first-order chi connectivity index (χ1) is 15.9. The lowest BCUT2D eigenvalue weighted by Crippen LogP contribution is -2.41. The molecule has 0 unspecified atom stereocenters. The highest BCUT2D eigenvalue weighted by Crippen LogP contribution is 2.25. The third-order valence-corrected chi connectivity index (χ3v) is 7.83. The molecule has 4 rings (SSSR count). The van der Waals surface area contributed by atoms with Crippen molar-refractivity contribution in [3.63, 3.8) is 0 Å². The Balaban J connectivity index is 1.57. The number of morpholine rings is 1. The van der Waals surface area contributed by atoms with E-state index in [1.165, 1.54) is 10.4 Å². The maximum atomic E-state index is 13.3. The van der Waals surface area contributed by atoms with Gasteiger partial charge in [0, 0.05) is 30.8 Å². The van der Waals surface area contributed by atoms with Crippen LogP contribution in [0.3, 0.4) is 0 Å². The van der Waals surface area contributed by atoms with E-state index in [4.69, 9.17) is 4.74 Å². The van der Waals surface area contributed by atoms with Gasteiger partial charge in [0.15, 0.2) is 0 Å². The Bertz CT molecular complexity index is 1250. The highest BCUT2D eigenvalue weighted by Gasteiger charge is 2.29. The molecule has 1 amide bonds. The molecule has 0 bridgehead atoms. The number of hydrogen-bond acceptors (Lipinski definition) is 5. The fourth-order valence-corrected chi connectivity index (χ4v) is 5.69. The maximum absolute atomic E-state index is 13.3. The first kappa shape index (κ1) is 23.4. The second-order valence-corrected chi connectivity index (χ2v) is 10.1. The SMILES string of the molecule is CCCCc1nc2ccc(NC(=O)c3ccc(CC)c(S(=O)(=O)N4CCOCC4)c3)cc2[nH]1. The number of amides is 1. The molecule has 0 atom stereocenters. The molecule has 8 nitrogen and oxygen atoms in total.